The van der Waals surface area contributed by atoms with Crippen LogP contribution in [0.3, 0.4) is 0 Å². The van der Waals surface area contributed by atoms with E-state index in [0.29, 0.717) is 12.0 Å². The van der Waals surface area contributed by atoms with Crippen LogP contribution in [0.15, 0.2) is 0 Å². The smallest absolute Gasteiger partial charge is 0.0710 e. The van der Waals surface area contributed by atoms with Crippen molar-refractivity contribution in [1.82, 2.24) is 4.90 Å². The minimum absolute atomic E-state index is 0.181. The quantitative estimate of drug-likeness (QED) is 0.638. The van der Waals surface area contributed by atoms with Gasteiger partial charge >= 0.3 is 0 Å². The Balaban J connectivity index is 3.27. The molecule has 0 aromatic rings. The summed E-state index contributed by atoms with van der Waals surface area (Å²) in [6.07, 6.45) is 3.53. The van der Waals surface area contributed by atoms with Crippen molar-refractivity contribution in [2.45, 2.75) is 105 Å². The highest BCUT2D eigenvalue weighted by Gasteiger charge is 2.47. The second kappa shape index (κ2) is 5.67. The molecule has 0 N–H and O–H groups in total. The van der Waals surface area contributed by atoms with E-state index in [0.717, 1.165) is 6.42 Å². The highest BCUT2D eigenvalue weighted by atomic mass is 15.3. The van der Waals surface area contributed by atoms with Gasteiger partial charge in [0.05, 0.1) is 7.85 Å². The fourth-order valence-corrected chi connectivity index (χ4v) is 5.30. The zero-order valence-electron chi connectivity index (χ0n) is 15.4. The molecule has 1 nitrogen and oxygen atoms in total. The van der Waals surface area contributed by atoms with Crippen molar-refractivity contribution in [3.63, 3.8) is 0 Å². The molecule has 1 heterocycles. The third-order valence-electron chi connectivity index (χ3n) is 5.56. The fraction of sp³-hybridized carbons (Fsp3) is 1.00. The lowest BCUT2D eigenvalue weighted by molar-refractivity contribution is -0.0687. The standard InChI is InChI=1S/C18H36BN/c1-10-14(3)20-17(6,7)11-13(2)15(19)16(4,5)12-18(20,8)9/h13-15H,10-12H2,1-9H3. The molecule has 1 aliphatic rings. The highest BCUT2D eigenvalue weighted by Crippen LogP contribution is 2.50. The summed E-state index contributed by atoms with van der Waals surface area (Å²) in [6, 6.07) is 0.609. The maximum absolute atomic E-state index is 6.60. The van der Waals surface area contributed by atoms with Crippen LogP contribution in [0.25, 0.3) is 0 Å². The Labute approximate surface area is 129 Å². The Morgan fingerprint density at radius 2 is 1.60 bits per heavy atom. The van der Waals surface area contributed by atoms with Gasteiger partial charge in [-0.05, 0) is 65.2 Å². The summed E-state index contributed by atoms with van der Waals surface area (Å²) in [5.74, 6) is 0.836. The van der Waals surface area contributed by atoms with Gasteiger partial charge in [0.25, 0.3) is 0 Å². The highest BCUT2D eigenvalue weighted by molar-refractivity contribution is 6.12. The Hall–Kier alpha value is 0.0249. The van der Waals surface area contributed by atoms with E-state index >= 15 is 0 Å². The number of nitrogens with zero attached hydrogens (tertiary/aromatic N) is 1. The molecule has 3 unspecified atom stereocenters. The van der Waals surface area contributed by atoms with Gasteiger partial charge in [-0.2, -0.15) is 0 Å². The molecule has 0 aliphatic carbocycles. The predicted octanol–water partition coefficient (Wildman–Crippen LogP) is 5.06. The molecular weight excluding hydrogens is 241 g/mol. The molecule has 20 heavy (non-hydrogen) atoms. The van der Waals surface area contributed by atoms with Crippen molar-refractivity contribution in [1.29, 1.82) is 0 Å². The van der Waals surface area contributed by atoms with Crippen LogP contribution in [0.5, 0.6) is 0 Å². The van der Waals surface area contributed by atoms with Crippen molar-refractivity contribution < 1.29 is 0 Å². The maximum Gasteiger partial charge on any atom is 0.0710 e. The van der Waals surface area contributed by atoms with E-state index < -0.39 is 0 Å². The van der Waals surface area contributed by atoms with E-state index in [4.69, 9.17) is 7.85 Å². The zero-order valence-corrected chi connectivity index (χ0v) is 15.4. The summed E-state index contributed by atoms with van der Waals surface area (Å²) in [5, 5.41) is 0. The van der Waals surface area contributed by atoms with Crippen LogP contribution < -0.4 is 0 Å². The molecule has 0 saturated carbocycles. The largest absolute Gasteiger partial charge is 0.290 e. The summed E-state index contributed by atoms with van der Waals surface area (Å²) in [7, 11) is 6.60. The van der Waals surface area contributed by atoms with Gasteiger partial charge in [0.1, 0.15) is 0 Å². The number of hydrogen-bond acceptors (Lipinski definition) is 1. The van der Waals surface area contributed by atoms with Gasteiger partial charge in [0.2, 0.25) is 0 Å². The van der Waals surface area contributed by atoms with Crippen molar-refractivity contribution in [3.8, 4) is 0 Å². The van der Waals surface area contributed by atoms with Crippen LogP contribution in [0.4, 0.5) is 0 Å². The molecule has 2 heteroatoms. The van der Waals surface area contributed by atoms with E-state index in [1.807, 2.05) is 0 Å². The molecule has 0 aromatic carbocycles. The van der Waals surface area contributed by atoms with Crippen molar-refractivity contribution in [2.75, 3.05) is 0 Å². The topological polar surface area (TPSA) is 3.24 Å². The van der Waals surface area contributed by atoms with Crippen LogP contribution in [0.2, 0.25) is 5.82 Å². The van der Waals surface area contributed by atoms with Gasteiger partial charge in [0.15, 0.2) is 0 Å². The van der Waals surface area contributed by atoms with Gasteiger partial charge in [-0.3, -0.25) is 4.90 Å². The van der Waals surface area contributed by atoms with Crippen LogP contribution in [-0.4, -0.2) is 29.9 Å². The lowest BCUT2D eigenvalue weighted by atomic mass is 9.55. The molecule has 1 aliphatic heterocycles. The fourth-order valence-electron chi connectivity index (χ4n) is 5.30. The lowest BCUT2D eigenvalue weighted by Gasteiger charge is -2.58. The summed E-state index contributed by atoms with van der Waals surface area (Å²) in [4.78, 5) is 2.77. The number of hydrogen-bond donors (Lipinski definition) is 0. The Kier molecular flexibility index (Phi) is 5.12. The average molecular weight is 277 g/mol. The molecule has 1 fully saturated rings. The summed E-state index contributed by atoms with van der Waals surface area (Å²) >= 11 is 0. The summed E-state index contributed by atoms with van der Waals surface area (Å²) in [5.41, 5.74) is 0.567. The summed E-state index contributed by atoms with van der Waals surface area (Å²) in [6.45, 7) is 21.3. The van der Waals surface area contributed by atoms with Gasteiger partial charge in [-0.25, -0.2) is 0 Å². The lowest BCUT2D eigenvalue weighted by Crippen LogP contribution is -2.62. The third kappa shape index (κ3) is 3.43. The number of rotatable bonds is 2. The molecule has 0 spiro atoms. The van der Waals surface area contributed by atoms with E-state index in [2.05, 4.69) is 67.2 Å². The van der Waals surface area contributed by atoms with E-state index in [9.17, 15) is 0 Å². The van der Waals surface area contributed by atoms with Crippen molar-refractivity contribution in [3.05, 3.63) is 0 Å². The van der Waals surface area contributed by atoms with Crippen molar-refractivity contribution >= 4 is 7.85 Å². The SMILES string of the molecule is [B]C1C(C)CC(C)(C)N(C(C)CC)C(C)(C)CC1(C)C. The Bertz CT molecular complexity index is 332. The van der Waals surface area contributed by atoms with E-state index in [1.165, 1.54) is 12.8 Å². The molecule has 0 bridgehead atoms. The van der Waals surface area contributed by atoms with Crippen molar-refractivity contribution in [2.24, 2.45) is 11.3 Å². The first-order chi connectivity index (χ1) is 8.85. The van der Waals surface area contributed by atoms with Crippen LogP contribution >= 0.6 is 0 Å². The molecule has 0 aromatic heterocycles. The minimum atomic E-state index is 0.181. The van der Waals surface area contributed by atoms with Crippen LogP contribution in [0, 0.1) is 11.3 Å². The van der Waals surface area contributed by atoms with Gasteiger partial charge in [-0.1, -0.05) is 33.5 Å². The van der Waals surface area contributed by atoms with Gasteiger partial charge in [-0.15, -0.1) is 0 Å². The third-order valence-corrected chi connectivity index (χ3v) is 5.56. The first-order valence-corrected chi connectivity index (χ1v) is 8.40. The molecule has 0 amide bonds. The Morgan fingerprint density at radius 3 is 2.05 bits per heavy atom. The van der Waals surface area contributed by atoms with E-state index in [-0.39, 0.29) is 22.3 Å². The normalized spacial score (nSPS) is 35.0. The molecule has 116 valence electrons. The first kappa shape index (κ1) is 18.1. The second-order valence-electron chi connectivity index (χ2n) is 9.12. The molecule has 1 saturated heterocycles. The van der Waals surface area contributed by atoms with Crippen LogP contribution in [0.1, 0.15) is 81.6 Å². The monoisotopic (exact) mass is 277 g/mol. The molecule has 3 atom stereocenters. The van der Waals surface area contributed by atoms with Gasteiger partial charge in [0, 0.05) is 17.1 Å². The second-order valence-corrected chi connectivity index (χ2v) is 9.12. The summed E-state index contributed by atoms with van der Waals surface area (Å²) < 4.78 is 0. The number of likely N-dealkylation sites (tertiary alicyclic amines) is 1. The van der Waals surface area contributed by atoms with E-state index in [1.54, 1.807) is 0 Å². The molecule has 2 radical (unpaired) electrons. The maximum atomic E-state index is 6.60. The first-order valence-electron chi connectivity index (χ1n) is 8.40. The predicted molar refractivity (Wildman–Crippen MR) is 91.4 cm³/mol. The van der Waals surface area contributed by atoms with Crippen LogP contribution in [-0.2, 0) is 0 Å². The Morgan fingerprint density at radius 1 is 1.10 bits per heavy atom. The molecular formula is C18H36BN. The minimum Gasteiger partial charge on any atom is -0.290 e. The average Bonchev–Trinajstić information content (AvgIpc) is 2.23. The zero-order chi connectivity index (χ0) is 15.9. The van der Waals surface area contributed by atoms with Gasteiger partial charge < -0.3 is 0 Å². The molecule has 1 rings (SSSR count).